The fourth-order valence-electron chi connectivity index (χ4n) is 3.89. The summed E-state index contributed by atoms with van der Waals surface area (Å²) in [7, 11) is 0. The Morgan fingerprint density at radius 1 is 1.00 bits per heavy atom. The van der Waals surface area contributed by atoms with E-state index in [1.807, 2.05) is 48.5 Å². The second-order valence-corrected chi connectivity index (χ2v) is 7.67. The number of rotatable bonds is 6. The highest BCUT2D eigenvalue weighted by molar-refractivity contribution is 6.03. The molecule has 0 aromatic heterocycles. The van der Waals surface area contributed by atoms with Crippen molar-refractivity contribution in [2.45, 2.75) is 18.9 Å². The number of benzene rings is 3. The number of amides is 2. The molecule has 4 rings (SSSR count). The van der Waals surface area contributed by atoms with Crippen LogP contribution in [0.4, 0.5) is 14.9 Å². The zero-order valence-corrected chi connectivity index (χ0v) is 17.7. The molecule has 8 heteroatoms. The van der Waals surface area contributed by atoms with E-state index in [-0.39, 0.29) is 23.8 Å². The number of ether oxygens (including phenoxy) is 1. The normalized spacial score (nSPS) is 12.9. The van der Waals surface area contributed by atoms with E-state index in [0.717, 1.165) is 34.4 Å². The number of hydrogen-bond donors (Lipinski definition) is 3. The van der Waals surface area contributed by atoms with Crippen LogP contribution in [0.1, 0.15) is 34.3 Å². The SMILES string of the molecule is C[C@H](NC(=O)c1cc(F)ccc1NC(=O)OCC1c2ccccc2-c2ccccc21)C(=O)O. The standard InChI is InChI=1S/C25H21FN2O5/c1-14(24(30)31)27-23(29)20-12-15(26)10-11-22(20)28-25(32)33-13-21-18-8-4-2-6-16(18)17-7-3-5-9-19(17)21/h2-12,14,21H,13H2,1H3,(H,27,29)(H,28,32)(H,30,31)/t14-/m0/s1. The summed E-state index contributed by atoms with van der Waals surface area (Å²) in [6.07, 6.45) is -0.816. The Kier molecular flexibility index (Phi) is 6.08. The van der Waals surface area contributed by atoms with Crippen molar-refractivity contribution in [3.05, 3.63) is 89.2 Å². The summed E-state index contributed by atoms with van der Waals surface area (Å²) in [6.45, 7) is 1.34. The molecule has 168 valence electrons. The molecule has 7 nitrogen and oxygen atoms in total. The molecule has 0 spiro atoms. The predicted molar refractivity (Wildman–Crippen MR) is 120 cm³/mol. The number of carbonyl (C=O) groups is 3. The van der Waals surface area contributed by atoms with Gasteiger partial charge < -0.3 is 15.2 Å². The number of fused-ring (bicyclic) bond motifs is 3. The third-order valence-electron chi connectivity index (χ3n) is 5.52. The Morgan fingerprint density at radius 3 is 2.21 bits per heavy atom. The number of hydrogen-bond acceptors (Lipinski definition) is 4. The highest BCUT2D eigenvalue weighted by Gasteiger charge is 2.29. The predicted octanol–water partition coefficient (Wildman–Crippen LogP) is 4.39. The zero-order valence-electron chi connectivity index (χ0n) is 17.7. The minimum atomic E-state index is -1.24. The molecule has 0 aliphatic heterocycles. The van der Waals surface area contributed by atoms with Crippen molar-refractivity contribution in [3.63, 3.8) is 0 Å². The molecule has 1 aliphatic rings. The highest BCUT2D eigenvalue weighted by Crippen LogP contribution is 2.44. The maximum atomic E-state index is 13.7. The van der Waals surface area contributed by atoms with Gasteiger partial charge in [-0.25, -0.2) is 9.18 Å². The third kappa shape index (κ3) is 4.55. The summed E-state index contributed by atoms with van der Waals surface area (Å²) in [5, 5.41) is 13.7. The van der Waals surface area contributed by atoms with Gasteiger partial charge in [0, 0.05) is 5.92 Å². The number of halogens is 1. The molecule has 0 bridgehead atoms. The van der Waals surface area contributed by atoms with Crippen LogP contribution in [0.5, 0.6) is 0 Å². The van der Waals surface area contributed by atoms with E-state index >= 15 is 0 Å². The topological polar surface area (TPSA) is 105 Å². The molecule has 2 amide bonds. The third-order valence-corrected chi connectivity index (χ3v) is 5.52. The van der Waals surface area contributed by atoms with Gasteiger partial charge in [0.1, 0.15) is 18.5 Å². The Hall–Kier alpha value is -4.20. The van der Waals surface area contributed by atoms with Crippen LogP contribution in [-0.2, 0) is 9.53 Å². The summed E-state index contributed by atoms with van der Waals surface area (Å²) in [5.41, 5.74) is 4.08. The Bertz CT molecular complexity index is 1200. The Morgan fingerprint density at radius 2 is 1.61 bits per heavy atom. The Balaban J connectivity index is 1.48. The van der Waals surface area contributed by atoms with Crippen LogP contribution < -0.4 is 10.6 Å². The zero-order chi connectivity index (χ0) is 23.5. The van der Waals surface area contributed by atoms with Crippen molar-refractivity contribution < 1.29 is 28.6 Å². The molecule has 0 unspecified atom stereocenters. The smallest absolute Gasteiger partial charge is 0.411 e. The summed E-state index contributed by atoms with van der Waals surface area (Å²) >= 11 is 0. The monoisotopic (exact) mass is 448 g/mol. The van der Waals surface area contributed by atoms with Crippen molar-refractivity contribution in [2.24, 2.45) is 0 Å². The molecule has 3 aromatic carbocycles. The number of anilines is 1. The van der Waals surface area contributed by atoms with Gasteiger partial charge in [-0.15, -0.1) is 0 Å². The molecule has 3 N–H and O–H groups in total. The van der Waals surface area contributed by atoms with Crippen molar-refractivity contribution in [1.29, 1.82) is 0 Å². The maximum absolute atomic E-state index is 13.7. The van der Waals surface area contributed by atoms with Crippen LogP contribution in [0, 0.1) is 5.82 Å². The van der Waals surface area contributed by atoms with Gasteiger partial charge in [0.2, 0.25) is 0 Å². The largest absolute Gasteiger partial charge is 0.480 e. The van der Waals surface area contributed by atoms with Crippen molar-refractivity contribution in [2.75, 3.05) is 11.9 Å². The number of carboxylic acid groups (broad SMARTS) is 1. The molecule has 0 saturated heterocycles. The van der Waals surface area contributed by atoms with Gasteiger partial charge in [0.05, 0.1) is 11.3 Å². The second-order valence-electron chi connectivity index (χ2n) is 7.67. The number of carbonyl (C=O) groups excluding carboxylic acids is 2. The molecule has 0 saturated carbocycles. The van der Waals surface area contributed by atoms with Crippen LogP contribution in [0.15, 0.2) is 66.7 Å². The number of aliphatic carboxylic acids is 1. The van der Waals surface area contributed by atoms with E-state index in [2.05, 4.69) is 10.6 Å². The first-order valence-corrected chi connectivity index (χ1v) is 10.3. The molecule has 0 heterocycles. The van der Waals surface area contributed by atoms with Crippen LogP contribution in [0.3, 0.4) is 0 Å². The first-order chi connectivity index (χ1) is 15.8. The van der Waals surface area contributed by atoms with Gasteiger partial charge in [-0.2, -0.15) is 0 Å². The van der Waals surface area contributed by atoms with E-state index in [1.165, 1.54) is 13.0 Å². The minimum Gasteiger partial charge on any atom is -0.480 e. The molecule has 33 heavy (non-hydrogen) atoms. The maximum Gasteiger partial charge on any atom is 0.411 e. The summed E-state index contributed by atoms with van der Waals surface area (Å²) in [4.78, 5) is 36.0. The van der Waals surface area contributed by atoms with Gasteiger partial charge in [0.15, 0.2) is 0 Å². The van der Waals surface area contributed by atoms with Crippen LogP contribution in [-0.4, -0.2) is 35.7 Å². The van der Waals surface area contributed by atoms with Crippen LogP contribution in [0.2, 0.25) is 0 Å². The van der Waals surface area contributed by atoms with E-state index in [1.54, 1.807) is 0 Å². The van der Waals surface area contributed by atoms with Gasteiger partial charge >= 0.3 is 12.1 Å². The molecule has 1 atom stereocenters. The summed E-state index contributed by atoms with van der Waals surface area (Å²) in [6, 6.07) is 17.8. The van der Waals surface area contributed by atoms with Crippen LogP contribution >= 0.6 is 0 Å². The van der Waals surface area contributed by atoms with Gasteiger partial charge in [-0.05, 0) is 47.4 Å². The lowest BCUT2D eigenvalue weighted by Gasteiger charge is -2.16. The van der Waals surface area contributed by atoms with Crippen molar-refractivity contribution in [1.82, 2.24) is 5.32 Å². The molecule has 0 fully saturated rings. The van der Waals surface area contributed by atoms with Crippen molar-refractivity contribution >= 4 is 23.7 Å². The fourth-order valence-corrected chi connectivity index (χ4v) is 3.89. The molecular formula is C25H21FN2O5. The molecular weight excluding hydrogens is 427 g/mol. The lowest BCUT2D eigenvalue weighted by Crippen LogP contribution is -2.38. The van der Waals surface area contributed by atoms with E-state index in [9.17, 15) is 18.8 Å². The van der Waals surface area contributed by atoms with Crippen LogP contribution in [0.25, 0.3) is 11.1 Å². The van der Waals surface area contributed by atoms with Gasteiger partial charge in [-0.3, -0.25) is 14.9 Å². The first kappa shape index (κ1) is 22.0. The Labute approximate surface area is 189 Å². The fraction of sp³-hybridized carbons (Fsp3) is 0.160. The average Bonchev–Trinajstić information content (AvgIpc) is 3.12. The lowest BCUT2D eigenvalue weighted by molar-refractivity contribution is -0.138. The van der Waals surface area contributed by atoms with E-state index in [0.29, 0.717) is 0 Å². The summed E-state index contributed by atoms with van der Waals surface area (Å²) < 4.78 is 19.2. The van der Waals surface area contributed by atoms with Gasteiger partial charge in [-0.1, -0.05) is 48.5 Å². The molecule has 3 aromatic rings. The average molecular weight is 448 g/mol. The molecule has 0 radical (unpaired) electrons. The highest BCUT2D eigenvalue weighted by atomic mass is 19.1. The quantitative estimate of drug-likeness (QED) is 0.519. The minimum absolute atomic E-state index is 0.00344. The van der Waals surface area contributed by atoms with E-state index in [4.69, 9.17) is 9.84 Å². The first-order valence-electron chi connectivity index (χ1n) is 10.3. The van der Waals surface area contributed by atoms with Crippen molar-refractivity contribution in [3.8, 4) is 11.1 Å². The van der Waals surface area contributed by atoms with Gasteiger partial charge in [0.25, 0.3) is 5.91 Å². The number of nitrogens with one attached hydrogen (secondary N) is 2. The molecule has 1 aliphatic carbocycles. The summed E-state index contributed by atoms with van der Waals surface area (Å²) in [5.74, 6) is -2.93. The lowest BCUT2D eigenvalue weighted by atomic mass is 9.98. The van der Waals surface area contributed by atoms with E-state index < -0.39 is 29.8 Å². The second kappa shape index (κ2) is 9.12. The number of carboxylic acids is 1.